The quantitative estimate of drug-likeness (QED) is 0.860. The highest BCUT2D eigenvalue weighted by Gasteiger charge is 2.22. The SMILES string of the molecule is COc1c(C)ccc(NC(=O)[C@@H]2CCCN2)c1C. The third kappa shape index (κ3) is 2.48. The van der Waals surface area contributed by atoms with Gasteiger partial charge in [0.25, 0.3) is 0 Å². The van der Waals surface area contributed by atoms with Crippen LogP contribution in [0.25, 0.3) is 0 Å². The van der Waals surface area contributed by atoms with E-state index >= 15 is 0 Å². The second-order valence-corrected chi connectivity index (χ2v) is 4.73. The molecule has 0 spiro atoms. The first-order valence-corrected chi connectivity index (χ1v) is 6.32. The highest BCUT2D eigenvalue weighted by Crippen LogP contribution is 2.29. The summed E-state index contributed by atoms with van der Waals surface area (Å²) in [5, 5.41) is 6.17. The normalized spacial score (nSPS) is 18.7. The Bertz CT molecular complexity index is 451. The van der Waals surface area contributed by atoms with Gasteiger partial charge in [-0.25, -0.2) is 0 Å². The molecule has 2 N–H and O–H groups in total. The summed E-state index contributed by atoms with van der Waals surface area (Å²) in [6.45, 7) is 4.88. The van der Waals surface area contributed by atoms with Crippen LogP contribution in [-0.4, -0.2) is 25.6 Å². The molecule has 0 radical (unpaired) electrons. The molecule has 1 aliphatic rings. The minimum Gasteiger partial charge on any atom is -0.496 e. The lowest BCUT2D eigenvalue weighted by Gasteiger charge is -2.16. The van der Waals surface area contributed by atoms with Crippen molar-refractivity contribution in [1.29, 1.82) is 0 Å². The molecule has 2 rings (SSSR count). The van der Waals surface area contributed by atoms with Gasteiger partial charge in [-0.3, -0.25) is 4.79 Å². The fourth-order valence-corrected chi connectivity index (χ4v) is 2.40. The number of hydrogen-bond acceptors (Lipinski definition) is 3. The van der Waals surface area contributed by atoms with Crippen molar-refractivity contribution >= 4 is 11.6 Å². The van der Waals surface area contributed by atoms with Crippen LogP contribution in [0.3, 0.4) is 0 Å². The molecule has 98 valence electrons. The first-order chi connectivity index (χ1) is 8.63. The fraction of sp³-hybridized carbons (Fsp3) is 0.500. The van der Waals surface area contributed by atoms with Crippen molar-refractivity contribution in [1.82, 2.24) is 5.32 Å². The number of ether oxygens (including phenoxy) is 1. The van der Waals surface area contributed by atoms with Crippen molar-refractivity contribution in [3.05, 3.63) is 23.3 Å². The molecule has 1 fully saturated rings. The monoisotopic (exact) mass is 248 g/mol. The molecule has 0 aromatic heterocycles. The van der Waals surface area contributed by atoms with E-state index in [-0.39, 0.29) is 11.9 Å². The average molecular weight is 248 g/mol. The zero-order chi connectivity index (χ0) is 13.1. The topological polar surface area (TPSA) is 50.4 Å². The van der Waals surface area contributed by atoms with Gasteiger partial charge in [-0.05, 0) is 44.9 Å². The first kappa shape index (κ1) is 12.9. The number of anilines is 1. The minimum absolute atomic E-state index is 0.0431. The second-order valence-electron chi connectivity index (χ2n) is 4.73. The molecule has 4 heteroatoms. The van der Waals surface area contributed by atoms with Crippen molar-refractivity contribution < 1.29 is 9.53 Å². The van der Waals surface area contributed by atoms with Crippen LogP contribution in [0.5, 0.6) is 5.75 Å². The van der Waals surface area contributed by atoms with Gasteiger partial charge in [-0.15, -0.1) is 0 Å². The Labute approximate surface area is 108 Å². The van der Waals surface area contributed by atoms with Gasteiger partial charge in [-0.2, -0.15) is 0 Å². The van der Waals surface area contributed by atoms with Crippen molar-refractivity contribution in [3.8, 4) is 5.75 Å². The number of nitrogens with one attached hydrogen (secondary N) is 2. The molecular weight excluding hydrogens is 228 g/mol. The lowest BCUT2D eigenvalue weighted by molar-refractivity contribution is -0.117. The number of benzene rings is 1. The standard InChI is InChI=1S/C14H20N2O2/c1-9-6-7-11(10(2)13(9)18-3)16-14(17)12-5-4-8-15-12/h6-7,12,15H,4-5,8H2,1-3H3,(H,16,17)/t12-/m0/s1. The van der Waals surface area contributed by atoms with Crippen LogP contribution in [0.1, 0.15) is 24.0 Å². The largest absolute Gasteiger partial charge is 0.496 e. The maximum absolute atomic E-state index is 12.0. The second kappa shape index (κ2) is 5.40. The number of amides is 1. The molecule has 0 bridgehead atoms. The lowest BCUT2D eigenvalue weighted by atomic mass is 10.1. The van der Waals surface area contributed by atoms with Gasteiger partial charge in [0.15, 0.2) is 0 Å². The van der Waals surface area contributed by atoms with Gasteiger partial charge in [0, 0.05) is 11.3 Å². The third-order valence-corrected chi connectivity index (χ3v) is 3.44. The molecule has 0 unspecified atom stereocenters. The number of carbonyl (C=O) groups is 1. The van der Waals surface area contributed by atoms with E-state index in [9.17, 15) is 4.79 Å². The fourth-order valence-electron chi connectivity index (χ4n) is 2.40. The summed E-state index contributed by atoms with van der Waals surface area (Å²) in [5.41, 5.74) is 2.88. The van der Waals surface area contributed by atoms with Crippen molar-refractivity contribution in [3.63, 3.8) is 0 Å². The van der Waals surface area contributed by atoms with Crippen LogP contribution in [0.4, 0.5) is 5.69 Å². The maximum Gasteiger partial charge on any atom is 0.241 e. The van der Waals surface area contributed by atoms with E-state index in [1.54, 1.807) is 7.11 Å². The highest BCUT2D eigenvalue weighted by atomic mass is 16.5. The van der Waals surface area contributed by atoms with Gasteiger partial charge in [0.2, 0.25) is 5.91 Å². The molecule has 1 heterocycles. The summed E-state index contributed by atoms with van der Waals surface area (Å²) in [6, 6.07) is 3.83. The van der Waals surface area contributed by atoms with Gasteiger partial charge >= 0.3 is 0 Å². The molecule has 0 saturated carbocycles. The molecule has 1 saturated heterocycles. The summed E-state index contributed by atoms with van der Waals surface area (Å²) in [6.07, 6.45) is 1.97. The van der Waals surface area contributed by atoms with Gasteiger partial charge < -0.3 is 15.4 Å². The number of rotatable bonds is 3. The highest BCUT2D eigenvalue weighted by molar-refractivity contribution is 5.96. The Morgan fingerprint density at radius 2 is 2.22 bits per heavy atom. The number of aryl methyl sites for hydroxylation is 1. The molecule has 1 amide bonds. The van der Waals surface area contributed by atoms with E-state index in [4.69, 9.17) is 4.74 Å². The summed E-state index contributed by atoms with van der Waals surface area (Å²) < 4.78 is 5.36. The molecule has 1 aromatic rings. The number of hydrogen-bond donors (Lipinski definition) is 2. The van der Waals surface area contributed by atoms with Crippen LogP contribution in [0.15, 0.2) is 12.1 Å². The van der Waals surface area contributed by atoms with Crippen LogP contribution in [-0.2, 0) is 4.79 Å². The number of methoxy groups -OCH3 is 1. The van der Waals surface area contributed by atoms with E-state index in [1.807, 2.05) is 26.0 Å². The number of carbonyl (C=O) groups excluding carboxylic acids is 1. The van der Waals surface area contributed by atoms with Crippen LogP contribution >= 0.6 is 0 Å². The average Bonchev–Trinajstić information content (AvgIpc) is 2.87. The molecule has 18 heavy (non-hydrogen) atoms. The van der Waals surface area contributed by atoms with E-state index in [1.165, 1.54) is 0 Å². The summed E-state index contributed by atoms with van der Waals surface area (Å²) in [5.74, 6) is 0.883. The molecule has 0 aliphatic carbocycles. The van der Waals surface area contributed by atoms with E-state index < -0.39 is 0 Å². The third-order valence-electron chi connectivity index (χ3n) is 3.44. The zero-order valence-corrected chi connectivity index (χ0v) is 11.2. The predicted molar refractivity (Wildman–Crippen MR) is 72.1 cm³/mol. The van der Waals surface area contributed by atoms with Gasteiger partial charge in [0.05, 0.1) is 13.2 Å². The van der Waals surface area contributed by atoms with E-state index in [0.29, 0.717) is 0 Å². The summed E-state index contributed by atoms with van der Waals surface area (Å²) in [7, 11) is 1.65. The molecule has 1 atom stereocenters. The summed E-state index contributed by atoms with van der Waals surface area (Å²) >= 11 is 0. The Morgan fingerprint density at radius 3 is 2.83 bits per heavy atom. The van der Waals surface area contributed by atoms with Crippen LogP contribution in [0.2, 0.25) is 0 Å². The smallest absolute Gasteiger partial charge is 0.241 e. The molecule has 1 aromatic carbocycles. The predicted octanol–water partition coefficient (Wildman–Crippen LogP) is 2.00. The summed E-state index contributed by atoms with van der Waals surface area (Å²) in [4.78, 5) is 12.0. The van der Waals surface area contributed by atoms with Crippen molar-refractivity contribution in [2.24, 2.45) is 0 Å². The van der Waals surface area contributed by atoms with Crippen molar-refractivity contribution in [2.45, 2.75) is 32.7 Å². The van der Waals surface area contributed by atoms with Crippen LogP contribution in [0, 0.1) is 13.8 Å². The van der Waals surface area contributed by atoms with E-state index in [0.717, 1.165) is 42.0 Å². The molecule has 4 nitrogen and oxygen atoms in total. The van der Waals surface area contributed by atoms with E-state index in [2.05, 4.69) is 10.6 Å². The van der Waals surface area contributed by atoms with Crippen molar-refractivity contribution in [2.75, 3.05) is 19.0 Å². The van der Waals surface area contributed by atoms with Gasteiger partial charge in [0.1, 0.15) is 5.75 Å². The van der Waals surface area contributed by atoms with Gasteiger partial charge in [-0.1, -0.05) is 6.07 Å². The molecule has 1 aliphatic heterocycles. The lowest BCUT2D eigenvalue weighted by Crippen LogP contribution is -2.35. The Balaban J connectivity index is 2.16. The maximum atomic E-state index is 12.0. The zero-order valence-electron chi connectivity index (χ0n) is 11.2. The Kier molecular flexibility index (Phi) is 3.87. The molecular formula is C14H20N2O2. The Hall–Kier alpha value is -1.55. The Morgan fingerprint density at radius 1 is 1.44 bits per heavy atom. The first-order valence-electron chi connectivity index (χ1n) is 6.32. The minimum atomic E-state index is -0.0586. The van der Waals surface area contributed by atoms with Crippen LogP contribution < -0.4 is 15.4 Å².